The summed E-state index contributed by atoms with van der Waals surface area (Å²) in [4.78, 5) is 34.9. The molecule has 0 heterocycles. The molecule has 0 radical (unpaired) electrons. The molecule has 25 heavy (non-hydrogen) atoms. The lowest BCUT2D eigenvalue weighted by molar-refractivity contribution is -0.384. The Morgan fingerprint density at radius 2 is 2.12 bits per heavy atom. The van der Waals surface area contributed by atoms with Gasteiger partial charge in [0.2, 0.25) is 5.91 Å². The molecule has 2 rings (SSSR count). The lowest BCUT2D eigenvalue weighted by Gasteiger charge is -2.42. The van der Waals surface area contributed by atoms with Crippen LogP contribution in [-0.2, 0) is 16.0 Å². The number of likely N-dealkylation sites (N-methyl/N-ethyl adjacent to an activating group) is 1. The molecule has 1 aliphatic rings. The fourth-order valence-corrected chi connectivity index (χ4v) is 3.16. The summed E-state index contributed by atoms with van der Waals surface area (Å²) in [5.74, 6) is -1.07. The molecule has 1 fully saturated rings. The van der Waals surface area contributed by atoms with Crippen LogP contribution in [0.15, 0.2) is 18.2 Å². The van der Waals surface area contributed by atoms with E-state index in [2.05, 4.69) is 5.32 Å². The second-order valence-corrected chi connectivity index (χ2v) is 6.46. The lowest BCUT2D eigenvalue weighted by atomic mass is 9.85. The molecule has 8 nitrogen and oxygen atoms in total. The van der Waals surface area contributed by atoms with E-state index < -0.39 is 10.9 Å². The number of carbonyl (C=O) groups excluding carboxylic acids is 1. The van der Waals surface area contributed by atoms with Crippen LogP contribution in [-0.4, -0.2) is 52.0 Å². The molecule has 0 aliphatic heterocycles. The highest BCUT2D eigenvalue weighted by Crippen LogP contribution is 2.26. The summed E-state index contributed by atoms with van der Waals surface area (Å²) >= 11 is 5.99. The highest BCUT2D eigenvalue weighted by Gasteiger charge is 2.34. The first-order valence-corrected chi connectivity index (χ1v) is 8.36. The molecule has 9 heteroatoms. The van der Waals surface area contributed by atoms with E-state index in [1.165, 1.54) is 18.2 Å². The maximum absolute atomic E-state index is 12.1. The monoisotopic (exact) mass is 369 g/mol. The third-order valence-corrected chi connectivity index (χ3v) is 4.69. The van der Waals surface area contributed by atoms with Crippen molar-refractivity contribution in [2.45, 2.75) is 38.3 Å². The Hall–Kier alpha value is -2.19. The Labute approximate surface area is 149 Å². The zero-order valence-electron chi connectivity index (χ0n) is 13.8. The molecule has 2 N–H and O–H groups in total. The maximum atomic E-state index is 12.1. The second kappa shape index (κ2) is 8.26. The standard InChI is InChI=1S/C16H20ClN3O5/c1-2-19(9-16(22)23)13-6-11(7-13)18-15(21)5-10-3-4-12(20(24)25)8-14(10)17/h3-4,8,11,13H,2,5-7,9H2,1H3,(H,18,21)(H,22,23). The predicted octanol–water partition coefficient (Wildman–Crippen LogP) is 1.84. The minimum atomic E-state index is -0.859. The first-order valence-electron chi connectivity index (χ1n) is 7.98. The van der Waals surface area contributed by atoms with Crippen LogP contribution < -0.4 is 5.32 Å². The van der Waals surface area contributed by atoms with Gasteiger partial charge in [0.25, 0.3) is 5.69 Å². The number of amides is 1. The smallest absolute Gasteiger partial charge is 0.317 e. The summed E-state index contributed by atoms with van der Waals surface area (Å²) in [7, 11) is 0. The second-order valence-electron chi connectivity index (χ2n) is 6.06. The highest BCUT2D eigenvalue weighted by molar-refractivity contribution is 6.31. The van der Waals surface area contributed by atoms with Gasteiger partial charge < -0.3 is 10.4 Å². The van der Waals surface area contributed by atoms with E-state index in [4.69, 9.17) is 16.7 Å². The summed E-state index contributed by atoms with van der Waals surface area (Å²) in [6, 6.07) is 4.20. The number of nitro benzene ring substituents is 1. The minimum absolute atomic E-state index is 0.000234. The van der Waals surface area contributed by atoms with Crippen LogP contribution in [0, 0.1) is 10.1 Å². The molecule has 0 bridgehead atoms. The average Bonchev–Trinajstić information content (AvgIpc) is 2.50. The van der Waals surface area contributed by atoms with Crippen LogP contribution in [0.3, 0.4) is 0 Å². The maximum Gasteiger partial charge on any atom is 0.317 e. The van der Waals surface area contributed by atoms with Gasteiger partial charge >= 0.3 is 5.97 Å². The SMILES string of the molecule is CCN(CC(=O)O)C1CC(NC(=O)Cc2ccc([N+](=O)[O-])cc2Cl)C1. The zero-order chi connectivity index (χ0) is 18.6. The van der Waals surface area contributed by atoms with Crippen molar-refractivity contribution in [1.29, 1.82) is 0 Å². The third kappa shape index (κ3) is 5.14. The van der Waals surface area contributed by atoms with Crippen molar-refractivity contribution >= 4 is 29.2 Å². The summed E-state index contributed by atoms with van der Waals surface area (Å²) in [6.07, 6.45) is 1.46. The molecule has 0 saturated heterocycles. The summed E-state index contributed by atoms with van der Waals surface area (Å²) in [6.45, 7) is 2.56. The number of carboxylic acid groups (broad SMARTS) is 1. The molecule has 0 unspecified atom stereocenters. The fourth-order valence-electron chi connectivity index (χ4n) is 2.92. The Kier molecular flexibility index (Phi) is 6.33. The number of hydrogen-bond acceptors (Lipinski definition) is 5. The van der Waals surface area contributed by atoms with Gasteiger partial charge in [0, 0.05) is 24.2 Å². The van der Waals surface area contributed by atoms with Gasteiger partial charge in [-0.2, -0.15) is 0 Å². The third-order valence-electron chi connectivity index (χ3n) is 4.34. The van der Waals surface area contributed by atoms with E-state index in [9.17, 15) is 19.7 Å². The lowest BCUT2D eigenvalue weighted by Crippen LogP contribution is -2.55. The first-order chi connectivity index (χ1) is 11.8. The summed E-state index contributed by atoms with van der Waals surface area (Å²) in [5, 5.41) is 22.6. The molecule has 1 aromatic carbocycles. The first kappa shape index (κ1) is 19.1. The number of nitro groups is 1. The highest BCUT2D eigenvalue weighted by atomic mass is 35.5. The molecule has 1 saturated carbocycles. The van der Waals surface area contributed by atoms with Gasteiger partial charge in [0.05, 0.1) is 22.9 Å². The molecular formula is C16H20ClN3O5. The number of nitrogens with one attached hydrogen (secondary N) is 1. The Balaban J connectivity index is 1.82. The summed E-state index contributed by atoms with van der Waals surface area (Å²) in [5.41, 5.74) is 0.413. The van der Waals surface area contributed by atoms with Gasteiger partial charge in [0.1, 0.15) is 0 Å². The number of carboxylic acids is 1. The largest absolute Gasteiger partial charge is 0.480 e. The van der Waals surface area contributed by atoms with Crippen LogP contribution in [0.25, 0.3) is 0 Å². The van der Waals surface area contributed by atoms with Crippen molar-refractivity contribution in [2.75, 3.05) is 13.1 Å². The van der Waals surface area contributed by atoms with E-state index in [1.807, 2.05) is 11.8 Å². The van der Waals surface area contributed by atoms with Crippen molar-refractivity contribution in [1.82, 2.24) is 10.2 Å². The van der Waals surface area contributed by atoms with Gasteiger partial charge in [-0.05, 0) is 24.9 Å². The molecule has 1 aromatic rings. The number of nitrogens with zero attached hydrogens (tertiary/aromatic N) is 2. The van der Waals surface area contributed by atoms with Gasteiger partial charge in [-0.25, -0.2) is 0 Å². The number of hydrogen-bond donors (Lipinski definition) is 2. The van der Waals surface area contributed by atoms with Gasteiger partial charge in [0.15, 0.2) is 0 Å². The topological polar surface area (TPSA) is 113 Å². The van der Waals surface area contributed by atoms with Crippen LogP contribution >= 0.6 is 11.6 Å². The number of non-ortho nitro benzene ring substituents is 1. The molecule has 0 spiro atoms. The van der Waals surface area contributed by atoms with Gasteiger partial charge in [-0.15, -0.1) is 0 Å². The Morgan fingerprint density at radius 1 is 1.44 bits per heavy atom. The average molecular weight is 370 g/mol. The number of rotatable bonds is 8. The van der Waals surface area contributed by atoms with Crippen molar-refractivity contribution in [3.63, 3.8) is 0 Å². The van der Waals surface area contributed by atoms with Crippen LogP contribution in [0.4, 0.5) is 5.69 Å². The molecular weight excluding hydrogens is 350 g/mol. The Morgan fingerprint density at radius 3 is 2.64 bits per heavy atom. The van der Waals surface area contributed by atoms with E-state index in [0.29, 0.717) is 24.9 Å². The van der Waals surface area contributed by atoms with Crippen LogP contribution in [0.5, 0.6) is 0 Å². The van der Waals surface area contributed by atoms with E-state index in [1.54, 1.807) is 0 Å². The number of halogens is 1. The fraction of sp³-hybridized carbons (Fsp3) is 0.500. The number of benzene rings is 1. The van der Waals surface area contributed by atoms with E-state index in [0.717, 1.165) is 0 Å². The molecule has 0 aromatic heterocycles. The van der Waals surface area contributed by atoms with Crippen molar-refractivity contribution in [3.05, 3.63) is 38.9 Å². The predicted molar refractivity (Wildman–Crippen MR) is 91.6 cm³/mol. The molecule has 1 amide bonds. The van der Waals surface area contributed by atoms with Gasteiger partial charge in [-0.1, -0.05) is 24.6 Å². The quantitative estimate of drug-likeness (QED) is 0.534. The van der Waals surface area contributed by atoms with Crippen molar-refractivity contribution < 1.29 is 19.6 Å². The van der Waals surface area contributed by atoms with Gasteiger partial charge in [-0.3, -0.25) is 24.6 Å². The molecule has 1 aliphatic carbocycles. The number of aliphatic carboxylic acids is 1. The van der Waals surface area contributed by atoms with Crippen LogP contribution in [0.1, 0.15) is 25.3 Å². The van der Waals surface area contributed by atoms with Crippen LogP contribution in [0.2, 0.25) is 5.02 Å². The minimum Gasteiger partial charge on any atom is -0.480 e. The molecule has 0 atom stereocenters. The summed E-state index contributed by atoms with van der Waals surface area (Å²) < 4.78 is 0. The number of carbonyl (C=O) groups is 2. The molecule has 136 valence electrons. The zero-order valence-corrected chi connectivity index (χ0v) is 14.5. The van der Waals surface area contributed by atoms with E-state index >= 15 is 0 Å². The Bertz CT molecular complexity index is 676. The van der Waals surface area contributed by atoms with Crippen molar-refractivity contribution in [3.8, 4) is 0 Å². The van der Waals surface area contributed by atoms with E-state index in [-0.39, 0.29) is 41.7 Å². The van der Waals surface area contributed by atoms with Crippen molar-refractivity contribution in [2.24, 2.45) is 0 Å². The normalized spacial score (nSPS) is 19.3.